The molecule has 0 amide bonds. The molecule has 0 radical (unpaired) electrons. The van der Waals surface area contributed by atoms with Crippen molar-refractivity contribution in [2.24, 2.45) is 0 Å². The predicted octanol–water partition coefficient (Wildman–Crippen LogP) is 5.23. The Bertz CT molecular complexity index is 671. The number of anilines is 1. The summed E-state index contributed by atoms with van der Waals surface area (Å²) >= 11 is 3.53. The highest BCUT2D eigenvalue weighted by Crippen LogP contribution is 2.31. The first-order chi connectivity index (χ1) is 9.26. The van der Waals surface area contributed by atoms with Gasteiger partial charge in [-0.1, -0.05) is 30.4 Å². The highest BCUT2D eigenvalue weighted by atomic mass is 32.1. The molecule has 3 rings (SSSR count). The van der Waals surface area contributed by atoms with Gasteiger partial charge in [-0.2, -0.15) is 0 Å². The van der Waals surface area contributed by atoms with Crippen molar-refractivity contribution in [3.05, 3.63) is 46.2 Å². The number of aromatic nitrogens is 1. The van der Waals surface area contributed by atoms with Crippen molar-refractivity contribution in [2.45, 2.75) is 26.3 Å². The van der Waals surface area contributed by atoms with Crippen molar-refractivity contribution in [2.75, 3.05) is 5.32 Å². The summed E-state index contributed by atoms with van der Waals surface area (Å²) in [5, 5.41) is 6.70. The summed E-state index contributed by atoms with van der Waals surface area (Å²) in [6, 6.07) is 11.1. The lowest BCUT2D eigenvalue weighted by Gasteiger charge is -2.13. The molecule has 1 aromatic carbocycles. The van der Waals surface area contributed by atoms with Crippen LogP contribution < -0.4 is 5.32 Å². The van der Waals surface area contributed by atoms with Gasteiger partial charge in [-0.15, -0.1) is 11.3 Å². The molecule has 3 aromatic rings. The molecule has 2 aromatic heterocycles. The van der Waals surface area contributed by atoms with Crippen LogP contribution in [0.2, 0.25) is 0 Å². The Morgan fingerprint density at radius 2 is 2.21 bits per heavy atom. The fourth-order valence-electron chi connectivity index (χ4n) is 2.11. The highest BCUT2D eigenvalue weighted by molar-refractivity contribution is 7.22. The maximum absolute atomic E-state index is 4.68. The molecule has 2 heterocycles. The molecule has 1 atom stereocenters. The second-order valence-electron chi connectivity index (χ2n) is 4.61. The zero-order valence-corrected chi connectivity index (χ0v) is 12.6. The van der Waals surface area contributed by atoms with Crippen LogP contribution >= 0.6 is 22.7 Å². The molecule has 0 saturated carbocycles. The van der Waals surface area contributed by atoms with Gasteiger partial charge in [-0.3, -0.25) is 0 Å². The summed E-state index contributed by atoms with van der Waals surface area (Å²) < 4.78 is 1.24. The fourth-order valence-corrected chi connectivity index (χ4v) is 3.87. The Morgan fingerprint density at radius 1 is 1.32 bits per heavy atom. The number of thiazole rings is 1. The smallest absolute Gasteiger partial charge is 0.184 e. The van der Waals surface area contributed by atoms with E-state index in [1.807, 2.05) is 0 Å². The number of hydrogen-bond acceptors (Lipinski definition) is 4. The van der Waals surface area contributed by atoms with Crippen LogP contribution in [0.5, 0.6) is 0 Å². The topological polar surface area (TPSA) is 24.9 Å². The Hall–Kier alpha value is -1.39. The average Bonchev–Trinajstić information content (AvgIpc) is 3.04. The van der Waals surface area contributed by atoms with Gasteiger partial charge in [-0.25, -0.2) is 4.98 Å². The van der Waals surface area contributed by atoms with Gasteiger partial charge < -0.3 is 5.32 Å². The number of benzene rings is 1. The van der Waals surface area contributed by atoms with E-state index in [0.29, 0.717) is 6.04 Å². The van der Waals surface area contributed by atoms with E-state index in [4.69, 9.17) is 0 Å². The second kappa shape index (κ2) is 5.31. The van der Waals surface area contributed by atoms with E-state index < -0.39 is 0 Å². The third kappa shape index (κ3) is 2.65. The van der Waals surface area contributed by atoms with Crippen LogP contribution in [0, 0.1) is 6.92 Å². The van der Waals surface area contributed by atoms with Gasteiger partial charge in [0.2, 0.25) is 0 Å². The molecule has 0 aliphatic rings. The standard InChI is InChI=1S/C15H16N2S2/c1-3-11(13-5-4-8-18-13)16-15-17-12-9-10(2)6-7-14(12)19-15/h4-9,11H,3H2,1-2H3,(H,16,17). The Kier molecular flexibility index (Phi) is 3.53. The van der Waals surface area contributed by atoms with Crippen molar-refractivity contribution in [3.63, 3.8) is 0 Å². The van der Waals surface area contributed by atoms with Gasteiger partial charge in [0.05, 0.1) is 16.3 Å². The fraction of sp³-hybridized carbons (Fsp3) is 0.267. The van der Waals surface area contributed by atoms with Gasteiger partial charge in [0.15, 0.2) is 5.13 Å². The molecule has 0 fully saturated rings. The molecule has 4 heteroatoms. The minimum atomic E-state index is 0.363. The van der Waals surface area contributed by atoms with Crippen molar-refractivity contribution in [1.82, 2.24) is 4.98 Å². The van der Waals surface area contributed by atoms with E-state index in [1.165, 1.54) is 15.1 Å². The molecular weight excluding hydrogens is 272 g/mol. The van der Waals surface area contributed by atoms with Crippen molar-refractivity contribution < 1.29 is 0 Å². The molecular formula is C15H16N2S2. The third-order valence-corrected chi connectivity index (χ3v) is 5.09. The van der Waals surface area contributed by atoms with Crippen molar-refractivity contribution >= 4 is 38.0 Å². The van der Waals surface area contributed by atoms with Crippen LogP contribution in [-0.4, -0.2) is 4.98 Å². The SMILES string of the molecule is CCC(Nc1nc2cc(C)ccc2s1)c1cccs1. The first kappa shape index (κ1) is 12.6. The van der Waals surface area contributed by atoms with Crippen LogP contribution in [-0.2, 0) is 0 Å². The summed E-state index contributed by atoms with van der Waals surface area (Å²) in [7, 11) is 0. The molecule has 0 aliphatic carbocycles. The summed E-state index contributed by atoms with van der Waals surface area (Å²) in [5.41, 5.74) is 2.35. The number of nitrogens with zero attached hydrogens (tertiary/aromatic N) is 1. The normalized spacial score (nSPS) is 12.7. The lowest BCUT2D eigenvalue weighted by atomic mass is 10.2. The largest absolute Gasteiger partial charge is 0.354 e. The molecule has 98 valence electrons. The van der Waals surface area contributed by atoms with Crippen LogP contribution in [0.3, 0.4) is 0 Å². The summed E-state index contributed by atoms with van der Waals surface area (Å²) in [5.74, 6) is 0. The number of hydrogen-bond donors (Lipinski definition) is 1. The van der Waals surface area contributed by atoms with E-state index in [9.17, 15) is 0 Å². The molecule has 0 spiro atoms. The quantitative estimate of drug-likeness (QED) is 0.711. The Balaban J connectivity index is 1.88. The molecule has 19 heavy (non-hydrogen) atoms. The van der Waals surface area contributed by atoms with Gasteiger partial charge in [0.1, 0.15) is 0 Å². The number of aryl methyl sites for hydroxylation is 1. The minimum absolute atomic E-state index is 0.363. The number of fused-ring (bicyclic) bond motifs is 1. The maximum Gasteiger partial charge on any atom is 0.184 e. The summed E-state index contributed by atoms with van der Waals surface area (Å²) in [4.78, 5) is 6.06. The van der Waals surface area contributed by atoms with Gasteiger partial charge in [0, 0.05) is 4.88 Å². The molecule has 1 N–H and O–H groups in total. The van der Waals surface area contributed by atoms with Crippen molar-refractivity contribution in [1.29, 1.82) is 0 Å². The summed E-state index contributed by atoms with van der Waals surface area (Å²) in [6.45, 7) is 4.31. The van der Waals surface area contributed by atoms with E-state index >= 15 is 0 Å². The highest BCUT2D eigenvalue weighted by Gasteiger charge is 2.12. The second-order valence-corrected chi connectivity index (χ2v) is 6.62. The molecule has 0 bridgehead atoms. The van der Waals surface area contributed by atoms with E-state index in [0.717, 1.165) is 17.1 Å². The Labute approximate surface area is 121 Å². The molecule has 2 nitrogen and oxygen atoms in total. The van der Waals surface area contributed by atoms with Gasteiger partial charge in [-0.05, 0) is 42.5 Å². The first-order valence-corrected chi connectivity index (χ1v) is 8.13. The zero-order chi connectivity index (χ0) is 13.2. The average molecular weight is 288 g/mol. The third-order valence-electron chi connectivity index (χ3n) is 3.14. The minimum Gasteiger partial charge on any atom is -0.354 e. The zero-order valence-electron chi connectivity index (χ0n) is 11.0. The van der Waals surface area contributed by atoms with E-state index in [1.54, 1.807) is 22.7 Å². The van der Waals surface area contributed by atoms with Gasteiger partial charge >= 0.3 is 0 Å². The number of nitrogens with one attached hydrogen (secondary N) is 1. The lowest BCUT2D eigenvalue weighted by molar-refractivity contribution is 0.763. The van der Waals surface area contributed by atoms with Crippen LogP contribution in [0.15, 0.2) is 35.7 Å². The van der Waals surface area contributed by atoms with Crippen molar-refractivity contribution in [3.8, 4) is 0 Å². The Morgan fingerprint density at radius 3 is 2.95 bits per heavy atom. The molecule has 0 saturated heterocycles. The lowest BCUT2D eigenvalue weighted by Crippen LogP contribution is -2.07. The van der Waals surface area contributed by atoms with Crippen LogP contribution in [0.25, 0.3) is 10.2 Å². The van der Waals surface area contributed by atoms with Crippen LogP contribution in [0.1, 0.15) is 29.8 Å². The maximum atomic E-state index is 4.68. The molecule has 0 aliphatic heterocycles. The van der Waals surface area contributed by atoms with E-state index in [2.05, 4.69) is 59.9 Å². The first-order valence-electron chi connectivity index (χ1n) is 6.43. The van der Waals surface area contributed by atoms with E-state index in [-0.39, 0.29) is 0 Å². The summed E-state index contributed by atoms with van der Waals surface area (Å²) in [6.07, 6.45) is 1.06. The molecule has 1 unspecified atom stereocenters. The number of thiophene rings is 1. The van der Waals surface area contributed by atoms with Gasteiger partial charge in [0.25, 0.3) is 0 Å². The van der Waals surface area contributed by atoms with Crippen LogP contribution in [0.4, 0.5) is 5.13 Å². The number of rotatable bonds is 4. The monoisotopic (exact) mass is 288 g/mol. The predicted molar refractivity (Wildman–Crippen MR) is 85.3 cm³/mol.